The van der Waals surface area contributed by atoms with E-state index in [2.05, 4.69) is 10.5 Å². The van der Waals surface area contributed by atoms with Crippen LogP contribution < -0.4 is 10.1 Å². The van der Waals surface area contributed by atoms with Crippen molar-refractivity contribution in [2.24, 2.45) is 0 Å². The van der Waals surface area contributed by atoms with E-state index in [-0.39, 0.29) is 18.2 Å². The molecule has 26 heavy (non-hydrogen) atoms. The van der Waals surface area contributed by atoms with Crippen LogP contribution in [0.4, 0.5) is 0 Å². The Bertz CT molecular complexity index is 921. The van der Waals surface area contributed by atoms with Crippen LogP contribution in [0.25, 0.3) is 0 Å². The molecule has 5 nitrogen and oxygen atoms in total. The van der Waals surface area contributed by atoms with Crippen LogP contribution in [0, 0.1) is 13.8 Å². The van der Waals surface area contributed by atoms with E-state index >= 15 is 0 Å². The maximum absolute atomic E-state index is 12.5. The van der Waals surface area contributed by atoms with Crippen molar-refractivity contribution in [3.63, 3.8) is 0 Å². The van der Waals surface area contributed by atoms with Crippen LogP contribution in [0.1, 0.15) is 32.9 Å². The number of amides is 1. The number of hydrogen-bond donors (Lipinski definition) is 1. The molecule has 0 bridgehead atoms. The van der Waals surface area contributed by atoms with E-state index in [1.165, 1.54) is 0 Å². The summed E-state index contributed by atoms with van der Waals surface area (Å²) in [5.74, 6) is 0.957. The minimum atomic E-state index is -0.329. The van der Waals surface area contributed by atoms with Gasteiger partial charge in [0.1, 0.15) is 18.1 Å². The number of aromatic nitrogens is 1. The first-order valence-electron chi connectivity index (χ1n) is 8.21. The molecule has 0 aliphatic carbocycles. The average molecular weight is 371 g/mol. The normalized spacial score (nSPS) is 10.6. The lowest BCUT2D eigenvalue weighted by molar-refractivity contribution is 0.0939. The maximum atomic E-state index is 12.5. The minimum Gasteiger partial charge on any atom is -0.489 e. The van der Waals surface area contributed by atoms with Gasteiger partial charge in [0.25, 0.3) is 5.91 Å². The third-order valence-corrected chi connectivity index (χ3v) is 4.34. The second kappa shape index (κ2) is 8.06. The largest absolute Gasteiger partial charge is 0.489 e. The van der Waals surface area contributed by atoms with Gasteiger partial charge in [-0.15, -0.1) is 0 Å². The fraction of sp³-hybridized carbons (Fsp3) is 0.200. The Hall–Kier alpha value is -2.79. The molecule has 0 saturated heterocycles. The molecule has 1 amide bonds. The van der Waals surface area contributed by atoms with Crippen LogP contribution in [-0.2, 0) is 13.2 Å². The molecular weight excluding hydrogens is 352 g/mol. The minimum absolute atomic E-state index is 0.202. The van der Waals surface area contributed by atoms with Gasteiger partial charge >= 0.3 is 0 Å². The number of carbonyl (C=O) groups is 1. The highest BCUT2D eigenvalue weighted by Crippen LogP contribution is 2.19. The number of rotatable bonds is 6. The first-order chi connectivity index (χ1) is 12.5. The monoisotopic (exact) mass is 370 g/mol. The molecule has 3 aromatic rings. The zero-order valence-electron chi connectivity index (χ0n) is 14.6. The van der Waals surface area contributed by atoms with Crippen molar-refractivity contribution in [1.82, 2.24) is 10.5 Å². The van der Waals surface area contributed by atoms with E-state index in [4.69, 9.17) is 20.9 Å². The predicted octanol–water partition coefficient (Wildman–Crippen LogP) is 4.45. The molecule has 3 rings (SSSR count). The first kappa shape index (κ1) is 18.0. The van der Waals surface area contributed by atoms with Gasteiger partial charge in [-0.05, 0) is 43.2 Å². The van der Waals surface area contributed by atoms with Crippen LogP contribution in [0.15, 0.2) is 53.1 Å². The fourth-order valence-corrected chi connectivity index (χ4v) is 2.70. The summed E-state index contributed by atoms with van der Waals surface area (Å²) in [6.07, 6.45) is 0. The van der Waals surface area contributed by atoms with Crippen molar-refractivity contribution in [2.45, 2.75) is 27.0 Å². The predicted molar refractivity (Wildman–Crippen MR) is 99.4 cm³/mol. The Morgan fingerprint density at radius 2 is 2.00 bits per heavy atom. The highest BCUT2D eigenvalue weighted by Gasteiger charge is 2.20. The quantitative estimate of drug-likeness (QED) is 0.696. The number of ether oxygens (including phenoxy) is 1. The lowest BCUT2D eigenvalue weighted by Crippen LogP contribution is -2.24. The molecular formula is C20H19ClN2O3. The van der Waals surface area contributed by atoms with Crippen LogP contribution in [-0.4, -0.2) is 11.1 Å². The summed E-state index contributed by atoms with van der Waals surface area (Å²) in [6.45, 7) is 4.26. The summed E-state index contributed by atoms with van der Waals surface area (Å²) in [5.41, 5.74) is 2.79. The molecule has 0 saturated carbocycles. The first-order valence-corrected chi connectivity index (χ1v) is 8.58. The van der Waals surface area contributed by atoms with Crippen molar-refractivity contribution in [3.05, 3.63) is 81.7 Å². The number of benzene rings is 2. The van der Waals surface area contributed by atoms with E-state index in [1.54, 1.807) is 13.0 Å². The Morgan fingerprint density at radius 1 is 1.19 bits per heavy atom. The Morgan fingerprint density at radius 3 is 2.77 bits per heavy atom. The molecule has 134 valence electrons. The van der Waals surface area contributed by atoms with Crippen LogP contribution in [0.5, 0.6) is 5.75 Å². The van der Waals surface area contributed by atoms with Gasteiger partial charge in [0.2, 0.25) is 0 Å². The molecule has 0 spiro atoms. The van der Waals surface area contributed by atoms with Gasteiger partial charge in [0, 0.05) is 11.6 Å². The molecule has 1 heterocycles. The topological polar surface area (TPSA) is 64.4 Å². The zero-order chi connectivity index (χ0) is 18.5. The second-order valence-corrected chi connectivity index (χ2v) is 6.35. The Balaban J connectivity index is 1.68. The van der Waals surface area contributed by atoms with E-state index in [0.717, 1.165) is 16.9 Å². The van der Waals surface area contributed by atoms with Crippen molar-refractivity contribution < 1.29 is 14.1 Å². The second-order valence-electron chi connectivity index (χ2n) is 5.95. The standard InChI is InChI=1S/C20H19ClN2O3/c1-13-6-5-8-16(10-13)25-12-17-14(2)26-23-19(17)20(24)22-11-15-7-3-4-9-18(15)21/h3-10H,11-12H2,1-2H3,(H,22,24). The number of nitrogens with zero attached hydrogens (tertiary/aromatic N) is 1. The zero-order valence-corrected chi connectivity index (χ0v) is 15.3. The van der Waals surface area contributed by atoms with Gasteiger partial charge in [0.05, 0.1) is 5.56 Å². The van der Waals surface area contributed by atoms with Gasteiger partial charge in [-0.2, -0.15) is 0 Å². The average Bonchev–Trinajstić information content (AvgIpc) is 3.00. The van der Waals surface area contributed by atoms with Gasteiger partial charge in [-0.3, -0.25) is 4.79 Å². The van der Waals surface area contributed by atoms with Crippen molar-refractivity contribution >= 4 is 17.5 Å². The van der Waals surface area contributed by atoms with E-state index in [9.17, 15) is 4.79 Å². The lowest BCUT2D eigenvalue weighted by atomic mass is 10.2. The Labute approximate surface area is 156 Å². The SMILES string of the molecule is Cc1cccc(OCc2c(C(=O)NCc3ccccc3Cl)noc2C)c1. The highest BCUT2D eigenvalue weighted by atomic mass is 35.5. The number of carbonyl (C=O) groups excluding carboxylic acids is 1. The van der Waals surface area contributed by atoms with Crippen LogP contribution in [0.2, 0.25) is 5.02 Å². The molecule has 0 unspecified atom stereocenters. The third-order valence-electron chi connectivity index (χ3n) is 3.97. The van der Waals surface area contributed by atoms with Gasteiger partial charge in [-0.1, -0.05) is 47.1 Å². The van der Waals surface area contributed by atoms with E-state index in [1.807, 2.05) is 49.4 Å². The Kier molecular flexibility index (Phi) is 5.58. The summed E-state index contributed by atoms with van der Waals surface area (Å²) < 4.78 is 11.0. The molecule has 1 aromatic heterocycles. The smallest absolute Gasteiger partial charge is 0.274 e. The highest BCUT2D eigenvalue weighted by molar-refractivity contribution is 6.31. The van der Waals surface area contributed by atoms with Gasteiger partial charge < -0.3 is 14.6 Å². The molecule has 6 heteroatoms. The summed E-state index contributed by atoms with van der Waals surface area (Å²) in [4.78, 5) is 12.5. The summed E-state index contributed by atoms with van der Waals surface area (Å²) in [6, 6.07) is 15.1. The summed E-state index contributed by atoms with van der Waals surface area (Å²) in [5, 5.41) is 7.30. The fourth-order valence-electron chi connectivity index (χ4n) is 2.50. The number of hydrogen-bond acceptors (Lipinski definition) is 4. The maximum Gasteiger partial charge on any atom is 0.274 e. The van der Waals surface area contributed by atoms with Crippen molar-refractivity contribution in [3.8, 4) is 5.75 Å². The molecule has 0 aliphatic heterocycles. The van der Waals surface area contributed by atoms with Crippen molar-refractivity contribution in [2.75, 3.05) is 0 Å². The number of aryl methyl sites for hydroxylation is 2. The van der Waals surface area contributed by atoms with E-state index < -0.39 is 0 Å². The third kappa shape index (κ3) is 4.24. The van der Waals surface area contributed by atoms with Gasteiger partial charge in [-0.25, -0.2) is 0 Å². The molecule has 0 fully saturated rings. The molecule has 0 radical (unpaired) electrons. The van der Waals surface area contributed by atoms with Gasteiger partial charge in [0.15, 0.2) is 5.69 Å². The van der Waals surface area contributed by atoms with Crippen LogP contribution >= 0.6 is 11.6 Å². The summed E-state index contributed by atoms with van der Waals surface area (Å²) in [7, 11) is 0. The molecule has 0 aliphatic rings. The van der Waals surface area contributed by atoms with E-state index in [0.29, 0.717) is 22.9 Å². The summed E-state index contributed by atoms with van der Waals surface area (Å²) >= 11 is 6.11. The van der Waals surface area contributed by atoms with Crippen molar-refractivity contribution in [1.29, 1.82) is 0 Å². The van der Waals surface area contributed by atoms with Crippen LogP contribution in [0.3, 0.4) is 0 Å². The number of nitrogens with one attached hydrogen (secondary N) is 1. The molecule has 2 aromatic carbocycles. The molecule has 0 atom stereocenters. The number of halogens is 1. The molecule has 1 N–H and O–H groups in total. The lowest BCUT2D eigenvalue weighted by Gasteiger charge is -2.08.